The Hall–Kier alpha value is -0.820. The van der Waals surface area contributed by atoms with E-state index in [4.69, 9.17) is 0 Å². The van der Waals surface area contributed by atoms with Gasteiger partial charge < -0.3 is 5.32 Å². The lowest BCUT2D eigenvalue weighted by molar-refractivity contribution is 0.294. The van der Waals surface area contributed by atoms with Gasteiger partial charge >= 0.3 is 0 Å². The van der Waals surface area contributed by atoms with E-state index in [1.165, 1.54) is 29.5 Å². The molecule has 0 bridgehead atoms. The third-order valence-electron chi connectivity index (χ3n) is 3.78. The summed E-state index contributed by atoms with van der Waals surface area (Å²) >= 11 is 0. The first-order valence-corrected chi connectivity index (χ1v) is 6.43. The molecule has 0 unspecified atom stereocenters. The van der Waals surface area contributed by atoms with E-state index in [0.29, 0.717) is 0 Å². The Labute approximate surface area is 99.3 Å². The Balaban J connectivity index is 2.11. The molecule has 16 heavy (non-hydrogen) atoms. The lowest BCUT2D eigenvalue weighted by Crippen LogP contribution is -2.40. The Morgan fingerprint density at radius 3 is 2.19 bits per heavy atom. The molecule has 0 spiro atoms. The molecule has 1 heteroatoms. The third-order valence-corrected chi connectivity index (χ3v) is 3.78. The fourth-order valence-electron chi connectivity index (χ4n) is 3.14. The highest BCUT2D eigenvalue weighted by Gasteiger charge is 2.31. The average molecular weight is 217 g/mol. The molecule has 1 fully saturated rings. The second-order valence-electron chi connectivity index (χ2n) is 5.24. The van der Waals surface area contributed by atoms with Gasteiger partial charge in [0.1, 0.15) is 0 Å². The minimum Gasteiger partial charge on any atom is -0.314 e. The highest BCUT2D eigenvalue weighted by molar-refractivity contribution is 5.41. The first-order valence-electron chi connectivity index (χ1n) is 6.43. The molecule has 0 heterocycles. The summed E-state index contributed by atoms with van der Waals surface area (Å²) in [5.74, 6) is 0.796. The molecule has 0 aliphatic heterocycles. The van der Waals surface area contributed by atoms with Crippen molar-refractivity contribution in [2.75, 3.05) is 6.54 Å². The third kappa shape index (κ3) is 2.15. The molecule has 0 aromatic heterocycles. The van der Waals surface area contributed by atoms with Crippen LogP contribution in [0, 0.1) is 20.8 Å². The van der Waals surface area contributed by atoms with Crippen LogP contribution in [0.4, 0.5) is 0 Å². The van der Waals surface area contributed by atoms with Gasteiger partial charge in [0.05, 0.1) is 0 Å². The van der Waals surface area contributed by atoms with Crippen LogP contribution in [0.15, 0.2) is 12.1 Å². The van der Waals surface area contributed by atoms with E-state index >= 15 is 0 Å². The van der Waals surface area contributed by atoms with Crippen molar-refractivity contribution in [1.82, 2.24) is 5.32 Å². The zero-order valence-corrected chi connectivity index (χ0v) is 10.9. The van der Waals surface area contributed by atoms with Gasteiger partial charge in [-0.15, -0.1) is 0 Å². The molecule has 1 nitrogen and oxygen atoms in total. The molecular weight excluding hydrogens is 194 g/mol. The summed E-state index contributed by atoms with van der Waals surface area (Å²) < 4.78 is 0. The summed E-state index contributed by atoms with van der Waals surface area (Å²) in [6, 6.07) is 5.40. The van der Waals surface area contributed by atoms with Crippen molar-refractivity contribution in [3.8, 4) is 0 Å². The fraction of sp³-hybridized carbons (Fsp3) is 0.600. The lowest BCUT2D eigenvalue weighted by atomic mass is 9.73. The van der Waals surface area contributed by atoms with Gasteiger partial charge in [0, 0.05) is 6.04 Å². The molecule has 1 saturated carbocycles. The lowest BCUT2D eigenvalue weighted by Gasteiger charge is -2.38. The average Bonchev–Trinajstić information content (AvgIpc) is 2.12. The maximum Gasteiger partial charge on any atom is 0.00786 e. The minimum atomic E-state index is 0.759. The van der Waals surface area contributed by atoms with Gasteiger partial charge in [-0.25, -0.2) is 0 Å². The SMILES string of the molecule is CCNC1CC(c2c(C)cc(C)cc2C)C1. The molecule has 2 rings (SSSR count). The Morgan fingerprint density at radius 2 is 1.69 bits per heavy atom. The monoisotopic (exact) mass is 217 g/mol. The van der Waals surface area contributed by atoms with Crippen molar-refractivity contribution < 1.29 is 0 Å². The molecule has 1 aliphatic rings. The second kappa shape index (κ2) is 4.58. The van der Waals surface area contributed by atoms with Crippen LogP contribution in [0.25, 0.3) is 0 Å². The molecule has 0 amide bonds. The van der Waals surface area contributed by atoms with E-state index in [0.717, 1.165) is 18.5 Å². The number of aryl methyl sites for hydroxylation is 3. The normalized spacial score (nSPS) is 24.2. The Kier molecular flexibility index (Phi) is 3.34. The summed E-state index contributed by atoms with van der Waals surface area (Å²) in [6.45, 7) is 10.00. The van der Waals surface area contributed by atoms with E-state index in [1.54, 1.807) is 5.56 Å². The number of benzene rings is 1. The van der Waals surface area contributed by atoms with Gasteiger partial charge in [0.2, 0.25) is 0 Å². The van der Waals surface area contributed by atoms with Crippen molar-refractivity contribution in [2.24, 2.45) is 0 Å². The Bertz CT molecular complexity index is 352. The maximum atomic E-state index is 3.53. The molecule has 0 radical (unpaired) electrons. The van der Waals surface area contributed by atoms with Crippen molar-refractivity contribution >= 4 is 0 Å². The fourth-order valence-corrected chi connectivity index (χ4v) is 3.14. The molecule has 0 saturated heterocycles. The molecule has 1 N–H and O–H groups in total. The van der Waals surface area contributed by atoms with Crippen LogP contribution in [0.1, 0.15) is 47.9 Å². The predicted octanol–water partition coefficient (Wildman–Crippen LogP) is 3.47. The van der Waals surface area contributed by atoms with Gasteiger partial charge in [-0.3, -0.25) is 0 Å². The van der Waals surface area contributed by atoms with Crippen molar-refractivity contribution in [3.63, 3.8) is 0 Å². The standard InChI is InChI=1S/C15H23N/c1-5-16-14-8-13(9-14)15-11(3)6-10(2)7-12(15)4/h6-7,13-14,16H,5,8-9H2,1-4H3. The van der Waals surface area contributed by atoms with Crippen molar-refractivity contribution in [2.45, 2.75) is 52.5 Å². The number of hydrogen-bond donors (Lipinski definition) is 1. The minimum absolute atomic E-state index is 0.759. The topological polar surface area (TPSA) is 12.0 Å². The molecule has 1 aliphatic carbocycles. The van der Waals surface area contributed by atoms with Crippen LogP contribution >= 0.6 is 0 Å². The molecular formula is C15H23N. The van der Waals surface area contributed by atoms with E-state index in [-0.39, 0.29) is 0 Å². The largest absolute Gasteiger partial charge is 0.314 e. The summed E-state index contributed by atoms with van der Waals surface area (Å²) in [6.07, 6.45) is 2.64. The zero-order chi connectivity index (χ0) is 11.7. The molecule has 0 atom stereocenters. The molecule has 1 aromatic rings. The highest BCUT2D eigenvalue weighted by Crippen LogP contribution is 2.40. The van der Waals surface area contributed by atoms with Crippen LogP contribution in [-0.4, -0.2) is 12.6 Å². The predicted molar refractivity (Wildman–Crippen MR) is 70.1 cm³/mol. The van der Waals surface area contributed by atoms with E-state index < -0.39 is 0 Å². The quantitative estimate of drug-likeness (QED) is 0.817. The number of hydrogen-bond acceptors (Lipinski definition) is 1. The Morgan fingerprint density at radius 1 is 1.12 bits per heavy atom. The summed E-state index contributed by atoms with van der Waals surface area (Å²) in [5, 5.41) is 3.53. The number of nitrogens with one attached hydrogen (secondary N) is 1. The van der Waals surface area contributed by atoms with E-state index in [1.807, 2.05) is 0 Å². The summed E-state index contributed by atoms with van der Waals surface area (Å²) in [7, 11) is 0. The van der Waals surface area contributed by atoms with Gasteiger partial charge in [0.25, 0.3) is 0 Å². The maximum absolute atomic E-state index is 3.53. The number of rotatable bonds is 3. The first-order chi connectivity index (χ1) is 7.61. The van der Waals surface area contributed by atoms with E-state index in [9.17, 15) is 0 Å². The molecule has 1 aromatic carbocycles. The summed E-state index contributed by atoms with van der Waals surface area (Å²) in [4.78, 5) is 0. The highest BCUT2D eigenvalue weighted by atomic mass is 14.9. The van der Waals surface area contributed by atoms with Crippen LogP contribution in [-0.2, 0) is 0 Å². The second-order valence-corrected chi connectivity index (χ2v) is 5.24. The van der Waals surface area contributed by atoms with Gasteiger partial charge in [-0.05, 0) is 62.8 Å². The van der Waals surface area contributed by atoms with Crippen LogP contribution in [0.2, 0.25) is 0 Å². The zero-order valence-electron chi connectivity index (χ0n) is 10.9. The van der Waals surface area contributed by atoms with Crippen molar-refractivity contribution in [1.29, 1.82) is 0 Å². The van der Waals surface area contributed by atoms with Crippen LogP contribution < -0.4 is 5.32 Å². The van der Waals surface area contributed by atoms with Crippen LogP contribution in [0.5, 0.6) is 0 Å². The van der Waals surface area contributed by atoms with Gasteiger partial charge in [-0.2, -0.15) is 0 Å². The summed E-state index contributed by atoms with van der Waals surface area (Å²) in [5.41, 5.74) is 5.97. The molecule has 88 valence electrons. The van der Waals surface area contributed by atoms with Crippen LogP contribution in [0.3, 0.4) is 0 Å². The smallest absolute Gasteiger partial charge is 0.00786 e. The van der Waals surface area contributed by atoms with Gasteiger partial charge in [-0.1, -0.05) is 24.6 Å². The van der Waals surface area contributed by atoms with Gasteiger partial charge in [0.15, 0.2) is 0 Å². The van der Waals surface area contributed by atoms with E-state index in [2.05, 4.69) is 45.1 Å². The first kappa shape index (κ1) is 11.7. The van der Waals surface area contributed by atoms with Crippen molar-refractivity contribution in [3.05, 3.63) is 34.4 Å².